The Balaban J connectivity index is 1.51. The van der Waals surface area contributed by atoms with E-state index in [2.05, 4.69) is 5.16 Å². The molecule has 2 aliphatic heterocycles. The molecule has 4 rings (SSSR count). The first-order valence-electron chi connectivity index (χ1n) is 10.2. The van der Waals surface area contributed by atoms with Gasteiger partial charge in [0.2, 0.25) is 5.91 Å². The first-order chi connectivity index (χ1) is 16.1. The molecule has 0 radical (unpaired) electrons. The van der Waals surface area contributed by atoms with E-state index in [0.29, 0.717) is 6.07 Å². The van der Waals surface area contributed by atoms with Crippen molar-refractivity contribution in [2.24, 2.45) is 5.16 Å². The van der Waals surface area contributed by atoms with Gasteiger partial charge < -0.3 is 9.74 Å². The molecule has 2 aliphatic rings. The summed E-state index contributed by atoms with van der Waals surface area (Å²) < 4.78 is 93.6. The van der Waals surface area contributed by atoms with Gasteiger partial charge in [-0.3, -0.25) is 4.79 Å². The Morgan fingerprint density at radius 2 is 1.77 bits per heavy atom. The van der Waals surface area contributed by atoms with Gasteiger partial charge in [-0.15, -0.1) is 0 Å². The quantitative estimate of drug-likeness (QED) is 0.539. The van der Waals surface area contributed by atoms with Crippen molar-refractivity contribution in [3.63, 3.8) is 0 Å². The van der Waals surface area contributed by atoms with Crippen LogP contribution in [0.3, 0.4) is 0 Å². The zero-order valence-electron chi connectivity index (χ0n) is 18.1. The number of rotatable bonds is 5. The fourth-order valence-electron chi connectivity index (χ4n) is 4.04. The van der Waals surface area contributed by atoms with E-state index in [0.717, 1.165) is 23.3 Å². The van der Waals surface area contributed by atoms with Crippen LogP contribution in [0, 0.1) is 5.82 Å². The number of benzene rings is 2. The van der Waals surface area contributed by atoms with Gasteiger partial charge in [0.05, 0.1) is 18.8 Å². The van der Waals surface area contributed by atoms with Crippen molar-refractivity contribution in [2.75, 3.05) is 25.1 Å². The van der Waals surface area contributed by atoms with Crippen molar-refractivity contribution in [3.05, 3.63) is 70.0 Å². The van der Waals surface area contributed by atoms with Crippen LogP contribution in [-0.4, -0.2) is 56.2 Å². The van der Waals surface area contributed by atoms with E-state index < -0.39 is 56.7 Å². The van der Waals surface area contributed by atoms with Crippen molar-refractivity contribution in [1.82, 2.24) is 4.90 Å². The molecule has 1 saturated heterocycles. The molecule has 1 unspecified atom stereocenters. The number of hydrogen-bond donors (Lipinski definition) is 0. The first kappa shape index (κ1) is 25.4. The topological polar surface area (TPSA) is 76.0 Å². The van der Waals surface area contributed by atoms with E-state index in [-0.39, 0.29) is 35.0 Å². The summed E-state index contributed by atoms with van der Waals surface area (Å²) in [4.78, 5) is 17.8. The summed E-state index contributed by atoms with van der Waals surface area (Å²) in [5.74, 6) is -2.40. The van der Waals surface area contributed by atoms with Gasteiger partial charge in [-0.1, -0.05) is 41.0 Å². The van der Waals surface area contributed by atoms with Crippen molar-refractivity contribution >= 4 is 33.1 Å². The van der Waals surface area contributed by atoms with Gasteiger partial charge in [0.15, 0.2) is 15.5 Å². The molecule has 0 aromatic heterocycles. The zero-order valence-corrected chi connectivity index (χ0v) is 19.6. The number of carbonyl (C=O) groups excluding carboxylic acids is 1. The maximum absolute atomic E-state index is 15.2. The predicted molar refractivity (Wildman–Crippen MR) is 117 cm³/mol. The minimum atomic E-state index is -4.95. The molecule has 1 atom stereocenters. The highest BCUT2D eigenvalue weighted by atomic mass is 35.5. The number of sulfone groups is 1. The molecule has 35 heavy (non-hydrogen) atoms. The number of alkyl halides is 4. The van der Waals surface area contributed by atoms with Crippen LogP contribution in [0.1, 0.15) is 23.1 Å². The van der Waals surface area contributed by atoms with Gasteiger partial charge in [0.25, 0.3) is 5.60 Å². The fourth-order valence-corrected chi connectivity index (χ4v) is 4.89. The SMILES string of the molecule is CS(=O)(=O)CC(=O)N1CC(F)(c2ccc(C3=NOC(c4cc(F)cc(Cl)c4)(C(F)(F)F)C3)cc2)C1. The number of oxime groups is 1. The summed E-state index contributed by atoms with van der Waals surface area (Å²) in [6, 6.07) is 7.94. The van der Waals surface area contributed by atoms with Crippen LogP contribution in [0.4, 0.5) is 22.0 Å². The van der Waals surface area contributed by atoms with Crippen LogP contribution in [0.15, 0.2) is 47.6 Å². The number of hydrogen-bond acceptors (Lipinski definition) is 5. The summed E-state index contributed by atoms with van der Waals surface area (Å²) in [5.41, 5.74) is -5.09. The average Bonchev–Trinajstić information content (AvgIpc) is 3.16. The minimum absolute atomic E-state index is 0.0827. The molecule has 6 nitrogen and oxygen atoms in total. The van der Waals surface area contributed by atoms with Gasteiger partial charge in [-0.05, 0) is 29.3 Å². The third-order valence-corrected chi connectivity index (χ3v) is 6.86. The highest BCUT2D eigenvalue weighted by Gasteiger charge is 2.62. The van der Waals surface area contributed by atoms with Crippen molar-refractivity contribution in [3.8, 4) is 0 Å². The van der Waals surface area contributed by atoms with Gasteiger partial charge in [0.1, 0.15) is 11.6 Å². The molecule has 0 spiro atoms. The molecular weight excluding hydrogens is 519 g/mol. The summed E-state index contributed by atoms with van der Waals surface area (Å²) in [6.07, 6.45) is -4.81. The van der Waals surface area contributed by atoms with Gasteiger partial charge >= 0.3 is 6.18 Å². The molecule has 188 valence electrons. The molecule has 1 amide bonds. The van der Waals surface area contributed by atoms with E-state index >= 15 is 4.39 Å². The normalized spacial score (nSPS) is 21.8. The molecule has 0 saturated carbocycles. The second kappa shape index (κ2) is 8.44. The third-order valence-electron chi connectivity index (χ3n) is 5.87. The van der Waals surface area contributed by atoms with Gasteiger partial charge in [0, 0.05) is 23.3 Å². The monoisotopic (exact) mass is 536 g/mol. The van der Waals surface area contributed by atoms with Crippen LogP contribution < -0.4 is 0 Å². The zero-order chi connectivity index (χ0) is 25.8. The van der Waals surface area contributed by atoms with Crippen molar-refractivity contribution in [2.45, 2.75) is 23.9 Å². The summed E-state index contributed by atoms with van der Waals surface area (Å²) in [6.45, 7) is -0.690. The summed E-state index contributed by atoms with van der Waals surface area (Å²) in [7, 11) is -3.55. The van der Waals surface area contributed by atoms with E-state index in [1.165, 1.54) is 24.3 Å². The second-order valence-electron chi connectivity index (χ2n) is 8.65. The van der Waals surface area contributed by atoms with Crippen LogP contribution in [0.2, 0.25) is 5.02 Å². The number of nitrogens with zero attached hydrogens (tertiary/aromatic N) is 2. The summed E-state index contributed by atoms with van der Waals surface area (Å²) >= 11 is 5.74. The van der Waals surface area contributed by atoms with E-state index in [9.17, 15) is 30.8 Å². The second-order valence-corrected chi connectivity index (χ2v) is 11.2. The Kier molecular flexibility index (Phi) is 6.12. The van der Waals surface area contributed by atoms with Crippen LogP contribution >= 0.6 is 11.6 Å². The molecule has 2 aromatic rings. The molecule has 1 fully saturated rings. The summed E-state index contributed by atoms with van der Waals surface area (Å²) in [5, 5.41) is 3.35. The maximum atomic E-state index is 15.2. The highest BCUT2D eigenvalue weighted by Crippen LogP contribution is 2.49. The van der Waals surface area contributed by atoms with Gasteiger partial charge in [-0.2, -0.15) is 13.2 Å². The number of halogens is 6. The molecule has 0 aliphatic carbocycles. The molecule has 0 bridgehead atoms. The Morgan fingerprint density at radius 1 is 1.14 bits per heavy atom. The lowest BCUT2D eigenvalue weighted by atomic mass is 9.85. The smallest absolute Gasteiger partial charge is 0.374 e. The standard InChI is InChI=1S/C22H18ClF5N2O4S/c1-35(32,33)10-19(31)30-11-20(25,12-30)14-4-2-13(3-5-14)18-9-21(34-29-18,22(26,27)28)15-6-16(23)8-17(24)7-15/h2-8H,9-12H2,1H3. The predicted octanol–water partition coefficient (Wildman–Crippen LogP) is 4.11. The largest absolute Gasteiger partial charge is 0.435 e. The number of carbonyl (C=O) groups is 1. The Bertz CT molecular complexity index is 1290. The lowest BCUT2D eigenvalue weighted by Gasteiger charge is -2.44. The van der Waals surface area contributed by atoms with Crippen molar-refractivity contribution < 1.29 is 40.0 Å². The third kappa shape index (κ3) is 4.86. The van der Waals surface area contributed by atoms with E-state index in [1.54, 1.807) is 0 Å². The van der Waals surface area contributed by atoms with Crippen LogP contribution in [0.25, 0.3) is 0 Å². The van der Waals surface area contributed by atoms with Crippen LogP contribution in [0.5, 0.6) is 0 Å². The molecular formula is C22H18ClF5N2O4S. The van der Waals surface area contributed by atoms with Gasteiger partial charge in [-0.25, -0.2) is 17.2 Å². The number of likely N-dealkylation sites (tertiary alicyclic amines) is 1. The maximum Gasteiger partial charge on any atom is 0.435 e. The average molecular weight is 537 g/mol. The molecule has 2 heterocycles. The molecule has 0 N–H and O–H groups in total. The fraction of sp³-hybridized carbons (Fsp3) is 0.364. The number of amides is 1. The van der Waals surface area contributed by atoms with E-state index in [1.807, 2.05) is 0 Å². The minimum Gasteiger partial charge on any atom is -0.374 e. The highest BCUT2D eigenvalue weighted by molar-refractivity contribution is 7.91. The lowest BCUT2D eigenvalue weighted by Crippen LogP contribution is -2.59. The molecule has 13 heteroatoms. The molecule has 2 aromatic carbocycles. The lowest BCUT2D eigenvalue weighted by molar-refractivity contribution is -0.275. The Morgan fingerprint density at radius 3 is 2.31 bits per heavy atom. The first-order valence-corrected chi connectivity index (χ1v) is 12.6. The van der Waals surface area contributed by atoms with Crippen molar-refractivity contribution in [1.29, 1.82) is 0 Å². The van der Waals surface area contributed by atoms with E-state index in [4.69, 9.17) is 16.4 Å². The Hall–Kier alpha value is -2.73. The Labute approximate surface area is 202 Å². The van der Waals surface area contributed by atoms with Crippen LogP contribution in [-0.2, 0) is 30.7 Å².